The van der Waals surface area contributed by atoms with Gasteiger partial charge in [0, 0.05) is 6.42 Å². The maximum absolute atomic E-state index is 3.97. The molecule has 0 saturated heterocycles. The van der Waals surface area contributed by atoms with Gasteiger partial charge in [0.15, 0.2) is 0 Å². The summed E-state index contributed by atoms with van der Waals surface area (Å²) in [6, 6.07) is 0.595. The Morgan fingerprint density at radius 2 is 2.25 bits per heavy atom. The SMILES string of the molecule is [NH3+]C1C=CCCCC1. The quantitative estimate of drug-likeness (QED) is 0.447. The number of hydrogen-bond acceptors (Lipinski definition) is 0. The van der Waals surface area contributed by atoms with Crippen LogP contribution in [0.5, 0.6) is 0 Å². The molecule has 8 heavy (non-hydrogen) atoms. The number of quaternary nitrogens is 1. The summed E-state index contributed by atoms with van der Waals surface area (Å²) in [5.74, 6) is 0. The molecule has 0 aliphatic heterocycles. The van der Waals surface area contributed by atoms with Crippen LogP contribution in [-0.2, 0) is 0 Å². The fourth-order valence-corrected chi connectivity index (χ4v) is 1.05. The van der Waals surface area contributed by atoms with Crippen molar-refractivity contribution in [3.63, 3.8) is 0 Å². The van der Waals surface area contributed by atoms with Gasteiger partial charge in [0.1, 0.15) is 6.04 Å². The first-order valence-corrected chi connectivity index (χ1v) is 3.39. The van der Waals surface area contributed by atoms with E-state index in [1.54, 1.807) is 0 Å². The summed E-state index contributed by atoms with van der Waals surface area (Å²) in [6.07, 6.45) is 9.77. The van der Waals surface area contributed by atoms with Gasteiger partial charge in [0.25, 0.3) is 0 Å². The minimum absolute atomic E-state index is 0.595. The second kappa shape index (κ2) is 2.88. The average molecular weight is 112 g/mol. The van der Waals surface area contributed by atoms with Gasteiger partial charge < -0.3 is 5.73 Å². The van der Waals surface area contributed by atoms with E-state index in [2.05, 4.69) is 17.9 Å². The smallest absolute Gasteiger partial charge is 0.103 e. The Labute approximate surface area is 50.6 Å². The lowest BCUT2D eigenvalue weighted by Crippen LogP contribution is -2.59. The van der Waals surface area contributed by atoms with E-state index in [1.165, 1.54) is 25.7 Å². The molecule has 0 aromatic heterocycles. The Kier molecular flexibility index (Phi) is 2.10. The summed E-state index contributed by atoms with van der Waals surface area (Å²) in [4.78, 5) is 0. The van der Waals surface area contributed by atoms with E-state index in [1.807, 2.05) is 0 Å². The largest absolute Gasteiger partial charge is 0.352 e. The summed E-state index contributed by atoms with van der Waals surface area (Å²) in [5, 5.41) is 0. The van der Waals surface area contributed by atoms with Crippen molar-refractivity contribution in [2.75, 3.05) is 0 Å². The predicted molar refractivity (Wildman–Crippen MR) is 34.3 cm³/mol. The van der Waals surface area contributed by atoms with Gasteiger partial charge in [-0.3, -0.25) is 0 Å². The molecule has 1 heteroatoms. The highest BCUT2D eigenvalue weighted by atomic mass is 14.6. The Hall–Kier alpha value is -0.300. The normalized spacial score (nSPS) is 29.9. The monoisotopic (exact) mass is 112 g/mol. The van der Waals surface area contributed by atoms with E-state index in [-0.39, 0.29) is 0 Å². The zero-order valence-electron chi connectivity index (χ0n) is 5.27. The van der Waals surface area contributed by atoms with Crippen molar-refractivity contribution in [1.82, 2.24) is 0 Å². The number of hydrogen-bond donors (Lipinski definition) is 1. The third kappa shape index (κ3) is 1.66. The molecule has 0 saturated carbocycles. The van der Waals surface area contributed by atoms with Crippen LogP contribution in [0.2, 0.25) is 0 Å². The highest BCUT2D eigenvalue weighted by Crippen LogP contribution is 2.07. The molecule has 46 valence electrons. The second-order valence-corrected chi connectivity index (χ2v) is 2.47. The molecule has 0 fully saturated rings. The lowest BCUT2D eigenvalue weighted by atomic mass is 10.2. The van der Waals surface area contributed by atoms with Crippen LogP contribution in [0.25, 0.3) is 0 Å². The van der Waals surface area contributed by atoms with Crippen LogP contribution < -0.4 is 5.73 Å². The van der Waals surface area contributed by atoms with E-state index in [0.717, 1.165) is 0 Å². The van der Waals surface area contributed by atoms with Crippen molar-refractivity contribution in [3.8, 4) is 0 Å². The zero-order chi connectivity index (χ0) is 5.82. The van der Waals surface area contributed by atoms with Crippen LogP contribution in [-0.4, -0.2) is 6.04 Å². The molecule has 0 heterocycles. The Morgan fingerprint density at radius 3 is 3.12 bits per heavy atom. The van der Waals surface area contributed by atoms with Gasteiger partial charge in [-0.25, -0.2) is 0 Å². The number of allylic oxidation sites excluding steroid dienone is 1. The molecular weight excluding hydrogens is 98.1 g/mol. The molecule has 1 nitrogen and oxygen atoms in total. The second-order valence-electron chi connectivity index (χ2n) is 2.47. The molecule has 1 unspecified atom stereocenters. The lowest BCUT2D eigenvalue weighted by molar-refractivity contribution is -0.404. The van der Waals surface area contributed by atoms with Crippen LogP contribution in [0.1, 0.15) is 25.7 Å². The van der Waals surface area contributed by atoms with Crippen molar-refractivity contribution in [1.29, 1.82) is 0 Å². The van der Waals surface area contributed by atoms with Crippen LogP contribution in [0.3, 0.4) is 0 Å². The van der Waals surface area contributed by atoms with E-state index in [9.17, 15) is 0 Å². The standard InChI is InChI=1S/C7H13N/c8-7-5-3-1-2-4-6-7/h3,5,7H,1-2,4,6,8H2/p+1. The van der Waals surface area contributed by atoms with E-state index < -0.39 is 0 Å². The summed E-state index contributed by atoms with van der Waals surface area (Å²) in [7, 11) is 0. The molecule has 1 aliphatic carbocycles. The number of rotatable bonds is 0. The van der Waals surface area contributed by atoms with Crippen molar-refractivity contribution < 1.29 is 5.73 Å². The molecule has 0 radical (unpaired) electrons. The maximum atomic E-state index is 3.97. The van der Waals surface area contributed by atoms with Crippen molar-refractivity contribution >= 4 is 0 Å². The Bertz CT molecular complexity index is 86.4. The molecule has 1 atom stereocenters. The van der Waals surface area contributed by atoms with Crippen molar-refractivity contribution in [2.24, 2.45) is 0 Å². The minimum Gasteiger partial charge on any atom is -0.352 e. The summed E-state index contributed by atoms with van der Waals surface area (Å²) in [5.41, 5.74) is 3.97. The van der Waals surface area contributed by atoms with Gasteiger partial charge in [-0.05, 0) is 25.3 Å². The zero-order valence-corrected chi connectivity index (χ0v) is 5.27. The maximum Gasteiger partial charge on any atom is 0.103 e. The van der Waals surface area contributed by atoms with Gasteiger partial charge >= 0.3 is 0 Å². The van der Waals surface area contributed by atoms with Gasteiger partial charge in [0.2, 0.25) is 0 Å². The van der Waals surface area contributed by atoms with Gasteiger partial charge in [0.05, 0.1) is 0 Å². The predicted octanol–water partition coefficient (Wildman–Crippen LogP) is 0.727. The van der Waals surface area contributed by atoms with Gasteiger partial charge in [-0.1, -0.05) is 6.08 Å². The Morgan fingerprint density at radius 1 is 1.38 bits per heavy atom. The summed E-state index contributed by atoms with van der Waals surface area (Å²) in [6.45, 7) is 0. The molecule has 0 amide bonds. The van der Waals surface area contributed by atoms with E-state index in [4.69, 9.17) is 0 Å². The topological polar surface area (TPSA) is 27.6 Å². The summed E-state index contributed by atoms with van der Waals surface area (Å²) >= 11 is 0. The van der Waals surface area contributed by atoms with Crippen LogP contribution in [0.4, 0.5) is 0 Å². The molecule has 1 aliphatic rings. The van der Waals surface area contributed by atoms with Crippen LogP contribution in [0.15, 0.2) is 12.2 Å². The Balaban J connectivity index is 2.33. The van der Waals surface area contributed by atoms with Gasteiger partial charge in [-0.15, -0.1) is 0 Å². The summed E-state index contributed by atoms with van der Waals surface area (Å²) < 4.78 is 0. The lowest BCUT2D eigenvalue weighted by Gasteiger charge is -1.95. The molecular formula is C7H14N+. The van der Waals surface area contributed by atoms with Gasteiger partial charge in [-0.2, -0.15) is 0 Å². The first kappa shape index (κ1) is 5.83. The average Bonchev–Trinajstić information content (AvgIpc) is 1.94. The molecule has 0 spiro atoms. The highest BCUT2D eigenvalue weighted by Gasteiger charge is 2.02. The fraction of sp³-hybridized carbons (Fsp3) is 0.714. The van der Waals surface area contributed by atoms with E-state index >= 15 is 0 Å². The minimum atomic E-state index is 0.595. The van der Waals surface area contributed by atoms with Crippen LogP contribution >= 0.6 is 0 Å². The third-order valence-electron chi connectivity index (χ3n) is 1.60. The third-order valence-corrected chi connectivity index (χ3v) is 1.60. The molecule has 3 N–H and O–H groups in total. The molecule has 0 aromatic carbocycles. The van der Waals surface area contributed by atoms with E-state index in [0.29, 0.717) is 6.04 Å². The van der Waals surface area contributed by atoms with Crippen molar-refractivity contribution in [3.05, 3.63) is 12.2 Å². The molecule has 0 bridgehead atoms. The highest BCUT2D eigenvalue weighted by molar-refractivity contribution is 4.89. The van der Waals surface area contributed by atoms with Crippen molar-refractivity contribution in [2.45, 2.75) is 31.7 Å². The van der Waals surface area contributed by atoms with Crippen LogP contribution in [0, 0.1) is 0 Å². The first-order chi connectivity index (χ1) is 3.89. The molecule has 0 aromatic rings. The first-order valence-electron chi connectivity index (χ1n) is 3.39. The fourth-order valence-electron chi connectivity index (χ4n) is 1.05. The molecule has 1 rings (SSSR count).